The molecule has 0 saturated carbocycles. The van der Waals surface area contributed by atoms with E-state index in [0.717, 1.165) is 18.4 Å². The summed E-state index contributed by atoms with van der Waals surface area (Å²) in [5, 5.41) is 3.99. The largest absolute Gasteiger partial charge is 0.343 e. The lowest BCUT2D eigenvalue weighted by Crippen LogP contribution is -2.40. The molecule has 6 nitrogen and oxygen atoms in total. The molecular formula is C17H20N4O2. The molecule has 120 valence electrons. The SMILES string of the molecule is O=C(c1ccccc1)C1CCN(C(=O)CCn2cncn2)CC1. The van der Waals surface area contributed by atoms with Gasteiger partial charge in [-0.3, -0.25) is 14.3 Å². The number of hydrogen-bond acceptors (Lipinski definition) is 4. The molecule has 0 spiro atoms. The van der Waals surface area contributed by atoms with Gasteiger partial charge in [0.05, 0.1) is 6.54 Å². The minimum Gasteiger partial charge on any atom is -0.343 e. The number of ketones is 1. The van der Waals surface area contributed by atoms with E-state index in [2.05, 4.69) is 10.1 Å². The highest BCUT2D eigenvalue weighted by atomic mass is 16.2. The third kappa shape index (κ3) is 3.83. The summed E-state index contributed by atoms with van der Waals surface area (Å²) in [6.45, 7) is 1.85. The van der Waals surface area contributed by atoms with Crippen LogP contribution in [0, 0.1) is 5.92 Å². The Hall–Kier alpha value is -2.50. The number of rotatable bonds is 5. The van der Waals surface area contributed by atoms with Crippen molar-refractivity contribution in [2.75, 3.05) is 13.1 Å². The average molecular weight is 312 g/mol. The molecule has 0 aliphatic carbocycles. The molecule has 3 rings (SSSR count). The van der Waals surface area contributed by atoms with Crippen LogP contribution in [0.2, 0.25) is 0 Å². The van der Waals surface area contributed by atoms with Crippen LogP contribution in [0.5, 0.6) is 0 Å². The van der Waals surface area contributed by atoms with Crippen molar-refractivity contribution in [2.45, 2.75) is 25.8 Å². The molecule has 1 aromatic heterocycles. The van der Waals surface area contributed by atoms with E-state index in [0.29, 0.717) is 26.1 Å². The molecule has 6 heteroatoms. The zero-order chi connectivity index (χ0) is 16.1. The number of Topliss-reactive ketones (excluding diaryl/α,β-unsaturated/α-hetero) is 1. The number of likely N-dealkylation sites (tertiary alicyclic amines) is 1. The highest BCUT2D eigenvalue weighted by Crippen LogP contribution is 2.22. The summed E-state index contributed by atoms with van der Waals surface area (Å²) >= 11 is 0. The van der Waals surface area contributed by atoms with Crippen LogP contribution in [0.25, 0.3) is 0 Å². The lowest BCUT2D eigenvalue weighted by atomic mass is 9.89. The number of carbonyl (C=O) groups is 2. The first-order valence-corrected chi connectivity index (χ1v) is 7.93. The Kier molecular flexibility index (Phi) is 4.80. The molecule has 1 saturated heterocycles. The molecule has 0 atom stereocenters. The Morgan fingerprint density at radius 3 is 2.52 bits per heavy atom. The van der Waals surface area contributed by atoms with Gasteiger partial charge in [-0.05, 0) is 12.8 Å². The van der Waals surface area contributed by atoms with Crippen LogP contribution >= 0.6 is 0 Å². The predicted molar refractivity (Wildman–Crippen MR) is 84.7 cm³/mol. The highest BCUT2D eigenvalue weighted by Gasteiger charge is 2.27. The van der Waals surface area contributed by atoms with Crippen LogP contribution < -0.4 is 0 Å². The molecule has 23 heavy (non-hydrogen) atoms. The summed E-state index contributed by atoms with van der Waals surface area (Å²) in [7, 11) is 0. The van der Waals surface area contributed by atoms with Gasteiger partial charge >= 0.3 is 0 Å². The Balaban J connectivity index is 1.48. The third-order valence-electron chi connectivity index (χ3n) is 4.30. The molecule has 0 bridgehead atoms. The van der Waals surface area contributed by atoms with E-state index >= 15 is 0 Å². The fourth-order valence-electron chi connectivity index (χ4n) is 2.95. The van der Waals surface area contributed by atoms with Crippen molar-refractivity contribution >= 4 is 11.7 Å². The topological polar surface area (TPSA) is 68.1 Å². The first kappa shape index (κ1) is 15.4. The predicted octanol–water partition coefficient (Wildman–Crippen LogP) is 1.79. The van der Waals surface area contributed by atoms with Crippen molar-refractivity contribution in [3.05, 3.63) is 48.5 Å². The molecule has 1 aromatic carbocycles. The van der Waals surface area contributed by atoms with Gasteiger partial charge in [-0.1, -0.05) is 30.3 Å². The Morgan fingerprint density at radius 1 is 1.13 bits per heavy atom. The lowest BCUT2D eigenvalue weighted by molar-refractivity contribution is -0.132. The van der Waals surface area contributed by atoms with Crippen LogP contribution in [-0.4, -0.2) is 44.4 Å². The number of carbonyl (C=O) groups excluding carboxylic acids is 2. The van der Waals surface area contributed by atoms with E-state index in [1.54, 1.807) is 11.0 Å². The molecule has 0 unspecified atom stereocenters. The molecule has 0 radical (unpaired) electrons. The summed E-state index contributed by atoms with van der Waals surface area (Å²) in [5.74, 6) is 0.336. The maximum absolute atomic E-state index is 12.4. The maximum Gasteiger partial charge on any atom is 0.224 e. The number of benzene rings is 1. The smallest absolute Gasteiger partial charge is 0.224 e. The van der Waals surface area contributed by atoms with Crippen LogP contribution in [0.15, 0.2) is 43.0 Å². The summed E-state index contributed by atoms with van der Waals surface area (Å²) in [6, 6.07) is 9.40. The van der Waals surface area contributed by atoms with Gasteiger partial charge in [0.2, 0.25) is 5.91 Å². The van der Waals surface area contributed by atoms with Crippen molar-refractivity contribution in [2.24, 2.45) is 5.92 Å². The number of hydrogen-bond donors (Lipinski definition) is 0. The normalized spacial score (nSPS) is 15.6. The van der Waals surface area contributed by atoms with E-state index in [-0.39, 0.29) is 17.6 Å². The van der Waals surface area contributed by atoms with Gasteiger partial charge in [0.1, 0.15) is 12.7 Å². The van der Waals surface area contributed by atoms with E-state index in [4.69, 9.17) is 0 Å². The lowest BCUT2D eigenvalue weighted by Gasteiger charge is -2.31. The van der Waals surface area contributed by atoms with Crippen molar-refractivity contribution in [3.8, 4) is 0 Å². The molecule has 1 fully saturated rings. The minimum atomic E-state index is 0.0248. The Labute approximate surface area is 135 Å². The zero-order valence-corrected chi connectivity index (χ0v) is 13.0. The number of aryl methyl sites for hydroxylation is 1. The summed E-state index contributed by atoms with van der Waals surface area (Å²) < 4.78 is 1.66. The summed E-state index contributed by atoms with van der Waals surface area (Å²) in [6.07, 6.45) is 4.97. The molecule has 1 aliphatic heterocycles. The second-order valence-corrected chi connectivity index (χ2v) is 5.79. The van der Waals surface area contributed by atoms with E-state index in [1.165, 1.54) is 6.33 Å². The summed E-state index contributed by atoms with van der Waals surface area (Å²) in [5.41, 5.74) is 0.767. The van der Waals surface area contributed by atoms with Gasteiger partial charge < -0.3 is 4.90 Å². The van der Waals surface area contributed by atoms with Crippen LogP contribution in [0.1, 0.15) is 29.6 Å². The highest BCUT2D eigenvalue weighted by molar-refractivity contribution is 5.98. The van der Waals surface area contributed by atoms with Crippen molar-refractivity contribution in [1.29, 1.82) is 0 Å². The monoisotopic (exact) mass is 312 g/mol. The first-order valence-electron chi connectivity index (χ1n) is 7.93. The van der Waals surface area contributed by atoms with Gasteiger partial charge in [-0.25, -0.2) is 4.98 Å². The number of piperidine rings is 1. The molecule has 2 aromatic rings. The Bertz CT molecular complexity index is 646. The minimum absolute atomic E-state index is 0.0248. The van der Waals surface area contributed by atoms with E-state index < -0.39 is 0 Å². The molecule has 1 aliphatic rings. The molecule has 1 amide bonds. The Morgan fingerprint density at radius 2 is 1.87 bits per heavy atom. The second kappa shape index (κ2) is 7.17. The molecule has 2 heterocycles. The summed E-state index contributed by atoms with van der Waals surface area (Å²) in [4.78, 5) is 30.4. The molecular weight excluding hydrogens is 292 g/mol. The van der Waals surface area contributed by atoms with Crippen LogP contribution in [0.3, 0.4) is 0 Å². The van der Waals surface area contributed by atoms with Crippen molar-refractivity contribution in [3.63, 3.8) is 0 Å². The zero-order valence-electron chi connectivity index (χ0n) is 13.0. The van der Waals surface area contributed by atoms with Crippen LogP contribution in [-0.2, 0) is 11.3 Å². The maximum atomic E-state index is 12.4. The van der Waals surface area contributed by atoms with Crippen molar-refractivity contribution in [1.82, 2.24) is 19.7 Å². The quantitative estimate of drug-likeness (QED) is 0.789. The van der Waals surface area contributed by atoms with Crippen LogP contribution in [0.4, 0.5) is 0 Å². The van der Waals surface area contributed by atoms with Gasteiger partial charge in [-0.2, -0.15) is 5.10 Å². The van der Waals surface area contributed by atoms with Gasteiger partial charge in [-0.15, -0.1) is 0 Å². The third-order valence-corrected chi connectivity index (χ3v) is 4.30. The first-order chi connectivity index (χ1) is 11.2. The van der Waals surface area contributed by atoms with E-state index in [1.807, 2.05) is 35.2 Å². The van der Waals surface area contributed by atoms with Gasteiger partial charge in [0, 0.05) is 31.0 Å². The van der Waals surface area contributed by atoms with E-state index in [9.17, 15) is 9.59 Å². The van der Waals surface area contributed by atoms with Gasteiger partial charge in [0.15, 0.2) is 5.78 Å². The molecule has 0 N–H and O–H groups in total. The fourth-order valence-corrected chi connectivity index (χ4v) is 2.95. The number of nitrogens with zero attached hydrogens (tertiary/aromatic N) is 4. The number of amides is 1. The average Bonchev–Trinajstić information content (AvgIpc) is 3.13. The second-order valence-electron chi connectivity index (χ2n) is 5.79. The van der Waals surface area contributed by atoms with Gasteiger partial charge in [0.25, 0.3) is 0 Å². The van der Waals surface area contributed by atoms with Crippen molar-refractivity contribution < 1.29 is 9.59 Å². The fraction of sp³-hybridized carbons (Fsp3) is 0.412. The standard InChI is InChI=1S/C17H20N4O2/c22-16(8-11-21-13-18-12-19-21)20-9-6-15(7-10-20)17(23)14-4-2-1-3-5-14/h1-5,12-13,15H,6-11H2. The number of aromatic nitrogens is 3.